The molecule has 2 atom stereocenters. The van der Waals surface area contributed by atoms with Gasteiger partial charge in [0.1, 0.15) is 0 Å². The van der Waals surface area contributed by atoms with Crippen LogP contribution in [0, 0.1) is 11.8 Å². The summed E-state index contributed by atoms with van der Waals surface area (Å²) in [6, 6.07) is 0. The molecule has 2 unspecified atom stereocenters. The predicted octanol–water partition coefficient (Wildman–Crippen LogP) is 7.30. The summed E-state index contributed by atoms with van der Waals surface area (Å²) in [6.45, 7) is 16.8. The number of ether oxygens (including phenoxy) is 2. The Labute approximate surface area is 220 Å². The molecule has 200 valence electrons. The molecule has 0 heterocycles. The van der Waals surface area contributed by atoms with Crippen LogP contribution in [0.25, 0.3) is 0 Å². The zero-order chi connectivity index (χ0) is 25.1. The van der Waals surface area contributed by atoms with E-state index in [9.17, 15) is 9.59 Å². The molecular weight excluding hydrogens is 494 g/mol. The molecule has 0 aliphatic carbocycles. The lowest BCUT2D eigenvalue weighted by molar-refractivity contribution is -0.149. The zero-order valence-electron chi connectivity index (χ0n) is 23.0. The Balaban J connectivity index is 0. The van der Waals surface area contributed by atoms with Gasteiger partial charge in [-0.2, -0.15) is 0 Å². The Morgan fingerprint density at radius 3 is 1.53 bits per heavy atom. The van der Waals surface area contributed by atoms with Crippen LogP contribution in [-0.2, 0) is 19.1 Å². The Bertz CT molecular complexity index is 547. The number of hydrogen-bond acceptors (Lipinski definition) is 5. The van der Waals surface area contributed by atoms with Gasteiger partial charge in [0, 0.05) is 0 Å². The van der Waals surface area contributed by atoms with Crippen LogP contribution in [-0.4, -0.2) is 49.7 Å². The van der Waals surface area contributed by atoms with Crippen LogP contribution < -0.4 is 0 Å². The van der Waals surface area contributed by atoms with E-state index < -0.39 is 0 Å². The van der Waals surface area contributed by atoms with E-state index in [2.05, 4.69) is 60.6 Å². The minimum Gasteiger partial charge on any atom is -0.465 e. The molecule has 0 bridgehead atoms. The fourth-order valence-electron chi connectivity index (χ4n) is 3.40. The maximum Gasteiger partial charge on any atom is 0.320 e. The molecule has 0 aromatic heterocycles. The van der Waals surface area contributed by atoms with E-state index in [1.807, 2.05) is 4.90 Å². The van der Waals surface area contributed by atoms with Crippen molar-refractivity contribution in [2.24, 2.45) is 11.8 Å². The zero-order valence-corrected chi connectivity index (χ0v) is 24.7. The van der Waals surface area contributed by atoms with E-state index in [1.54, 1.807) is 0 Å². The minimum absolute atomic E-state index is 0. The van der Waals surface area contributed by atoms with E-state index >= 15 is 0 Å². The van der Waals surface area contributed by atoms with Crippen molar-refractivity contribution in [3.63, 3.8) is 0 Å². The van der Waals surface area contributed by atoms with Crippen molar-refractivity contribution in [2.75, 3.05) is 32.8 Å². The van der Waals surface area contributed by atoms with E-state index in [0.717, 1.165) is 51.4 Å². The van der Waals surface area contributed by atoms with Crippen LogP contribution in [0.4, 0.5) is 0 Å². The van der Waals surface area contributed by atoms with Crippen LogP contribution >= 0.6 is 17.0 Å². The molecule has 0 spiro atoms. The molecule has 0 aromatic rings. The highest BCUT2D eigenvalue weighted by molar-refractivity contribution is 8.93. The molecule has 34 heavy (non-hydrogen) atoms. The predicted molar refractivity (Wildman–Crippen MR) is 148 cm³/mol. The largest absolute Gasteiger partial charge is 0.465 e. The minimum atomic E-state index is -0.261. The third kappa shape index (κ3) is 22.6. The van der Waals surface area contributed by atoms with Crippen molar-refractivity contribution >= 4 is 28.9 Å². The molecule has 5 nitrogen and oxygen atoms in total. The second-order valence-electron chi connectivity index (χ2n) is 10.0. The summed E-state index contributed by atoms with van der Waals surface area (Å²) in [6.07, 6.45) is 12.5. The lowest BCUT2D eigenvalue weighted by Gasteiger charge is -2.20. The third-order valence-corrected chi connectivity index (χ3v) is 5.70. The fraction of sp³-hybridized carbons (Fsp3) is 0.786. The molecule has 0 aromatic carbocycles. The summed E-state index contributed by atoms with van der Waals surface area (Å²) in [5.74, 6) is 0.513. The first-order chi connectivity index (χ1) is 15.6. The van der Waals surface area contributed by atoms with Gasteiger partial charge in [0.2, 0.25) is 0 Å². The number of nitrogens with zero attached hydrogens (tertiary/aromatic N) is 1. The van der Waals surface area contributed by atoms with Crippen molar-refractivity contribution in [3.05, 3.63) is 23.3 Å². The van der Waals surface area contributed by atoms with Crippen molar-refractivity contribution in [1.29, 1.82) is 0 Å². The van der Waals surface area contributed by atoms with Gasteiger partial charge in [0.25, 0.3) is 0 Å². The normalized spacial score (nSPS) is 12.4. The van der Waals surface area contributed by atoms with Gasteiger partial charge in [-0.15, -0.1) is 17.0 Å². The van der Waals surface area contributed by atoms with Crippen molar-refractivity contribution in [2.45, 2.75) is 99.8 Å². The Hall–Kier alpha value is -1.14. The van der Waals surface area contributed by atoms with Crippen LogP contribution in [0.15, 0.2) is 23.3 Å². The molecule has 0 rings (SSSR count). The second-order valence-corrected chi connectivity index (χ2v) is 10.0. The van der Waals surface area contributed by atoms with Gasteiger partial charge in [0.15, 0.2) is 0 Å². The van der Waals surface area contributed by atoms with Gasteiger partial charge < -0.3 is 9.47 Å². The number of hydrogen-bond donors (Lipinski definition) is 0. The topological polar surface area (TPSA) is 55.8 Å². The number of carbonyl (C=O) groups excluding carboxylic acids is 2. The molecule has 0 aliphatic rings. The lowest BCUT2D eigenvalue weighted by Crippen LogP contribution is -2.37. The summed E-state index contributed by atoms with van der Waals surface area (Å²) in [5.41, 5.74) is 2.68. The molecule has 0 N–H and O–H groups in total. The Morgan fingerprint density at radius 2 is 1.18 bits per heavy atom. The monoisotopic (exact) mass is 545 g/mol. The molecule has 0 saturated carbocycles. The smallest absolute Gasteiger partial charge is 0.320 e. The molecule has 0 aliphatic heterocycles. The summed E-state index contributed by atoms with van der Waals surface area (Å²) < 4.78 is 10.9. The van der Waals surface area contributed by atoms with Gasteiger partial charge in [-0.05, 0) is 91.0 Å². The standard InChI is InChI=1S/C28H51NO4.BrH/c1-8-9-18-29(21-27(30)32-19-16-25(6)14-10-12-23(2)3)22-28(31)33-20-17-26(7)15-11-13-24(4)5;/h12-13,25-26H,8-11,14-22H2,1-7H3;1H. The average molecular weight is 547 g/mol. The first-order valence-corrected chi connectivity index (χ1v) is 12.9. The average Bonchev–Trinajstić information content (AvgIpc) is 2.71. The highest BCUT2D eigenvalue weighted by Crippen LogP contribution is 2.13. The number of esters is 2. The SMILES string of the molecule is Br.CCCCN(CC(=O)OCCC(C)CCC=C(C)C)CC(=O)OCCC(C)CCC=C(C)C. The Kier molecular flexibility index (Phi) is 23.0. The first kappa shape index (κ1) is 35.0. The molecule has 0 amide bonds. The summed E-state index contributed by atoms with van der Waals surface area (Å²) in [5, 5.41) is 0. The van der Waals surface area contributed by atoms with Crippen molar-refractivity contribution in [1.82, 2.24) is 4.90 Å². The Morgan fingerprint density at radius 1 is 0.765 bits per heavy atom. The fourth-order valence-corrected chi connectivity index (χ4v) is 3.40. The highest BCUT2D eigenvalue weighted by Gasteiger charge is 2.17. The van der Waals surface area contributed by atoms with Crippen LogP contribution in [0.5, 0.6) is 0 Å². The van der Waals surface area contributed by atoms with Gasteiger partial charge in [-0.25, -0.2) is 0 Å². The van der Waals surface area contributed by atoms with Gasteiger partial charge in [-0.3, -0.25) is 14.5 Å². The maximum atomic E-state index is 12.3. The van der Waals surface area contributed by atoms with Crippen LogP contribution in [0.3, 0.4) is 0 Å². The van der Waals surface area contributed by atoms with Gasteiger partial charge >= 0.3 is 11.9 Å². The third-order valence-electron chi connectivity index (χ3n) is 5.70. The molecule has 0 saturated heterocycles. The number of unbranched alkanes of at least 4 members (excludes halogenated alkanes) is 1. The summed E-state index contributed by atoms with van der Waals surface area (Å²) in [4.78, 5) is 26.5. The highest BCUT2D eigenvalue weighted by atomic mass is 79.9. The lowest BCUT2D eigenvalue weighted by atomic mass is 10.0. The van der Waals surface area contributed by atoms with E-state index in [1.165, 1.54) is 11.1 Å². The van der Waals surface area contributed by atoms with Crippen molar-refractivity contribution < 1.29 is 19.1 Å². The van der Waals surface area contributed by atoms with Gasteiger partial charge in [0.05, 0.1) is 26.3 Å². The maximum absolute atomic E-state index is 12.3. The summed E-state index contributed by atoms with van der Waals surface area (Å²) in [7, 11) is 0. The first-order valence-electron chi connectivity index (χ1n) is 12.9. The van der Waals surface area contributed by atoms with E-state index in [-0.39, 0.29) is 42.0 Å². The number of rotatable bonds is 19. The number of carbonyl (C=O) groups is 2. The number of allylic oxidation sites excluding steroid dienone is 4. The molecule has 6 heteroatoms. The van der Waals surface area contributed by atoms with Crippen LogP contribution in [0.2, 0.25) is 0 Å². The second kappa shape index (κ2) is 22.3. The number of halogens is 1. The quantitative estimate of drug-likeness (QED) is 0.126. The van der Waals surface area contributed by atoms with Crippen molar-refractivity contribution in [3.8, 4) is 0 Å². The van der Waals surface area contributed by atoms with Gasteiger partial charge in [-0.1, -0.05) is 50.5 Å². The molecule has 0 fully saturated rings. The van der Waals surface area contributed by atoms with E-state index in [4.69, 9.17) is 9.47 Å². The molecule has 0 radical (unpaired) electrons. The summed E-state index contributed by atoms with van der Waals surface area (Å²) >= 11 is 0. The van der Waals surface area contributed by atoms with E-state index in [0.29, 0.717) is 31.6 Å². The molecular formula is C28H52BrNO4. The van der Waals surface area contributed by atoms with Crippen LogP contribution in [0.1, 0.15) is 99.8 Å².